The summed E-state index contributed by atoms with van der Waals surface area (Å²) in [6.45, 7) is 0. The lowest BCUT2D eigenvalue weighted by molar-refractivity contribution is 0.0532. The number of nitrogens with one attached hydrogen (secondary N) is 1. The van der Waals surface area contributed by atoms with Crippen LogP contribution in [0.4, 0.5) is 0 Å². The van der Waals surface area contributed by atoms with Gasteiger partial charge in [0.25, 0.3) is 5.91 Å². The highest BCUT2D eigenvalue weighted by Crippen LogP contribution is 2.09. The minimum atomic E-state index is -0.401. The fourth-order valence-corrected chi connectivity index (χ4v) is 0.807. The van der Waals surface area contributed by atoms with E-state index in [9.17, 15) is 4.79 Å². The van der Waals surface area contributed by atoms with Crippen molar-refractivity contribution >= 4 is 5.91 Å². The van der Waals surface area contributed by atoms with E-state index in [0.717, 1.165) is 0 Å². The van der Waals surface area contributed by atoms with Crippen molar-refractivity contribution in [3.63, 3.8) is 0 Å². The summed E-state index contributed by atoms with van der Waals surface area (Å²) < 4.78 is 4.92. The molecule has 13 heavy (non-hydrogen) atoms. The Kier molecular flexibility index (Phi) is 3.22. The van der Waals surface area contributed by atoms with Crippen LogP contribution in [0.25, 0.3) is 0 Å². The quantitative estimate of drug-likeness (QED) is 0.686. The molecule has 5 nitrogen and oxygen atoms in total. The largest absolute Gasteiger partial charge is 0.497 e. The van der Waals surface area contributed by atoms with Crippen LogP contribution in [0.15, 0.2) is 18.3 Å². The van der Waals surface area contributed by atoms with Gasteiger partial charge in [-0.15, -0.1) is 0 Å². The molecule has 1 aromatic heterocycles. The van der Waals surface area contributed by atoms with Crippen molar-refractivity contribution < 1.29 is 14.4 Å². The average Bonchev–Trinajstić information content (AvgIpc) is 2.18. The van der Waals surface area contributed by atoms with Crippen LogP contribution in [-0.4, -0.2) is 25.1 Å². The Morgan fingerprint density at radius 1 is 1.54 bits per heavy atom. The zero-order chi connectivity index (χ0) is 9.68. The molecule has 0 atom stereocenters. The first-order valence-electron chi connectivity index (χ1n) is 3.61. The minimum absolute atomic E-state index is 0.251. The second-order valence-electron chi connectivity index (χ2n) is 2.22. The van der Waals surface area contributed by atoms with Gasteiger partial charge in [-0.05, 0) is 6.07 Å². The number of pyridine rings is 1. The van der Waals surface area contributed by atoms with Gasteiger partial charge in [0, 0.05) is 12.3 Å². The Balaban J connectivity index is 2.82. The summed E-state index contributed by atoms with van der Waals surface area (Å²) >= 11 is 0. The highest BCUT2D eigenvalue weighted by Gasteiger charge is 2.06. The summed E-state index contributed by atoms with van der Waals surface area (Å²) in [4.78, 5) is 19.4. The van der Waals surface area contributed by atoms with Crippen molar-refractivity contribution in [3.05, 3.63) is 24.0 Å². The van der Waals surface area contributed by atoms with Gasteiger partial charge in [0.15, 0.2) is 0 Å². The Morgan fingerprint density at radius 3 is 2.92 bits per heavy atom. The van der Waals surface area contributed by atoms with Crippen LogP contribution in [0.2, 0.25) is 0 Å². The van der Waals surface area contributed by atoms with Gasteiger partial charge in [-0.2, -0.15) is 0 Å². The van der Waals surface area contributed by atoms with E-state index in [1.54, 1.807) is 6.07 Å². The van der Waals surface area contributed by atoms with Gasteiger partial charge in [0.1, 0.15) is 11.4 Å². The number of aromatic nitrogens is 1. The van der Waals surface area contributed by atoms with Crippen molar-refractivity contribution in [1.82, 2.24) is 10.5 Å². The van der Waals surface area contributed by atoms with Crippen LogP contribution < -0.4 is 10.2 Å². The van der Waals surface area contributed by atoms with E-state index < -0.39 is 5.91 Å². The molecule has 0 aliphatic rings. The van der Waals surface area contributed by atoms with Crippen molar-refractivity contribution in [1.29, 1.82) is 0 Å². The van der Waals surface area contributed by atoms with Crippen molar-refractivity contribution in [2.75, 3.05) is 14.2 Å². The van der Waals surface area contributed by atoms with Crippen molar-refractivity contribution in [2.45, 2.75) is 0 Å². The lowest BCUT2D eigenvalue weighted by Gasteiger charge is -2.02. The van der Waals surface area contributed by atoms with Gasteiger partial charge in [0.2, 0.25) is 0 Å². The van der Waals surface area contributed by atoms with Crippen LogP contribution in [-0.2, 0) is 4.84 Å². The molecule has 0 saturated heterocycles. The van der Waals surface area contributed by atoms with E-state index in [0.29, 0.717) is 5.75 Å². The first-order chi connectivity index (χ1) is 6.27. The molecule has 0 radical (unpaired) electrons. The maximum Gasteiger partial charge on any atom is 0.293 e. The summed E-state index contributed by atoms with van der Waals surface area (Å²) in [5.41, 5.74) is 2.41. The van der Waals surface area contributed by atoms with Gasteiger partial charge >= 0.3 is 0 Å². The second-order valence-corrected chi connectivity index (χ2v) is 2.22. The monoisotopic (exact) mass is 182 g/mol. The molecule has 1 N–H and O–H groups in total. The molecule has 1 amide bonds. The Labute approximate surface area is 75.6 Å². The lowest BCUT2D eigenvalue weighted by atomic mass is 10.3. The molecule has 70 valence electrons. The van der Waals surface area contributed by atoms with E-state index in [4.69, 9.17) is 4.74 Å². The van der Waals surface area contributed by atoms with Crippen molar-refractivity contribution in [2.24, 2.45) is 0 Å². The number of hydrogen-bond donors (Lipinski definition) is 1. The average molecular weight is 182 g/mol. The Bertz CT molecular complexity index is 301. The predicted octanol–water partition coefficient (Wildman–Crippen LogP) is 0.381. The third kappa shape index (κ3) is 2.41. The molecule has 0 aromatic carbocycles. The standard InChI is InChI=1S/C8H10N2O3/c1-12-6-3-4-9-7(5-6)8(11)10-13-2/h3-5H,1-2H3,(H,10,11). The Morgan fingerprint density at radius 2 is 2.31 bits per heavy atom. The van der Waals surface area contributed by atoms with E-state index >= 15 is 0 Å². The molecule has 0 spiro atoms. The molecule has 5 heteroatoms. The number of amides is 1. The number of methoxy groups -OCH3 is 1. The van der Waals surface area contributed by atoms with Crippen LogP contribution in [0, 0.1) is 0 Å². The molecule has 0 saturated carbocycles. The molecule has 1 aromatic rings. The number of hydroxylamine groups is 1. The molecule has 0 fully saturated rings. The van der Waals surface area contributed by atoms with Gasteiger partial charge < -0.3 is 4.74 Å². The summed E-state index contributed by atoms with van der Waals surface area (Å²) in [5.74, 6) is 0.178. The molecule has 0 aliphatic carbocycles. The summed E-state index contributed by atoms with van der Waals surface area (Å²) in [5, 5.41) is 0. The fourth-order valence-electron chi connectivity index (χ4n) is 0.807. The van der Waals surface area contributed by atoms with E-state index in [1.807, 2.05) is 0 Å². The summed E-state index contributed by atoms with van der Waals surface area (Å²) in [6.07, 6.45) is 1.49. The summed E-state index contributed by atoms with van der Waals surface area (Å²) in [7, 11) is 2.88. The molecule has 0 bridgehead atoms. The van der Waals surface area contributed by atoms with Crippen LogP contribution in [0.3, 0.4) is 0 Å². The molecule has 1 rings (SSSR count). The third-order valence-electron chi connectivity index (χ3n) is 1.39. The Hall–Kier alpha value is -1.62. The van der Waals surface area contributed by atoms with Crippen LogP contribution >= 0.6 is 0 Å². The molecule has 0 unspecified atom stereocenters. The number of carbonyl (C=O) groups excluding carboxylic acids is 1. The maximum atomic E-state index is 11.2. The van der Waals surface area contributed by atoms with E-state index in [2.05, 4.69) is 15.3 Å². The molecule has 0 aliphatic heterocycles. The number of carbonyl (C=O) groups is 1. The first kappa shape index (κ1) is 9.47. The van der Waals surface area contributed by atoms with E-state index in [1.165, 1.54) is 26.5 Å². The molecular formula is C8H10N2O3. The number of hydrogen-bond acceptors (Lipinski definition) is 4. The van der Waals surface area contributed by atoms with Crippen molar-refractivity contribution in [3.8, 4) is 5.75 Å². The molecule has 1 heterocycles. The van der Waals surface area contributed by atoms with Crippen LogP contribution in [0.5, 0.6) is 5.75 Å². The highest BCUT2D eigenvalue weighted by molar-refractivity contribution is 5.91. The number of ether oxygens (including phenoxy) is 1. The highest BCUT2D eigenvalue weighted by atomic mass is 16.6. The minimum Gasteiger partial charge on any atom is -0.497 e. The fraction of sp³-hybridized carbons (Fsp3) is 0.250. The molecular weight excluding hydrogens is 172 g/mol. The normalized spacial score (nSPS) is 9.38. The SMILES string of the molecule is CONC(=O)c1cc(OC)ccn1. The predicted molar refractivity (Wildman–Crippen MR) is 45.3 cm³/mol. The maximum absolute atomic E-state index is 11.2. The lowest BCUT2D eigenvalue weighted by Crippen LogP contribution is -2.22. The summed E-state index contributed by atoms with van der Waals surface area (Å²) in [6, 6.07) is 3.18. The van der Waals surface area contributed by atoms with Gasteiger partial charge in [0.05, 0.1) is 14.2 Å². The van der Waals surface area contributed by atoms with Gasteiger partial charge in [-0.1, -0.05) is 0 Å². The van der Waals surface area contributed by atoms with Gasteiger partial charge in [-0.3, -0.25) is 14.6 Å². The smallest absolute Gasteiger partial charge is 0.293 e. The number of nitrogens with zero attached hydrogens (tertiary/aromatic N) is 1. The first-order valence-corrected chi connectivity index (χ1v) is 3.61. The number of rotatable bonds is 3. The van der Waals surface area contributed by atoms with E-state index in [-0.39, 0.29) is 5.69 Å². The zero-order valence-electron chi connectivity index (χ0n) is 7.40. The van der Waals surface area contributed by atoms with Crippen LogP contribution in [0.1, 0.15) is 10.5 Å². The second kappa shape index (κ2) is 4.42. The van der Waals surface area contributed by atoms with Gasteiger partial charge in [-0.25, -0.2) is 5.48 Å². The third-order valence-corrected chi connectivity index (χ3v) is 1.39. The topological polar surface area (TPSA) is 60.5 Å². The zero-order valence-corrected chi connectivity index (χ0v) is 7.40.